The van der Waals surface area contributed by atoms with Crippen molar-refractivity contribution in [3.63, 3.8) is 0 Å². The average molecular weight is 490 g/mol. The van der Waals surface area contributed by atoms with E-state index in [1.807, 2.05) is 60.7 Å². The standard InChI is InChI=1S/C27H24FN3O3S/c28-22-11-13-23(14-12-22)35(33,34)31-16-4-9-26(31)27(32)29-18-19-5-3-7-21(17-19)25-15-10-20-6-1-2-8-24(20)30-25/h1-3,5-8,10-15,17,26H,4,9,16,18H2,(H,29,32). The minimum atomic E-state index is -3.90. The van der Waals surface area contributed by atoms with Gasteiger partial charge in [-0.15, -0.1) is 0 Å². The fourth-order valence-corrected chi connectivity index (χ4v) is 6.06. The van der Waals surface area contributed by atoms with E-state index in [-0.39, 0.29) is 23.9 Å². The fourth-order valence-electron chi connectivity index (χ4n) is 4.41. The minimum absolute atomic E-state index is 0.0193. The van der Waals surface area contributed by atoms with Crippen LogP contribution in [0.25, 0.3) is 22.2 Å². The molecule has 1 aliphatic rings. The topological polar surface area (TPSA) is 79.4 Å². The number of hydrogen-bond donors (Lipinski definition) is 1. The summed E-state index contributed by atoms with van der Waals surface area (Å²) in [7, 11) is -3.90. The van der Waals surface area contributed by atoms with E-state index >= 15 is 0 Å². The SMILES string of the molecule is O=C(NCc1cccc(-c2ccc3ccccc3n2)c1)C1CCCN1S(=O)(=O)c1ccc(F)cc1. The summed E-state index contributed by atoms with van der Waals surface area (Å²) in [5, 5.41) is 3.95. The molecular formula is C27H24FN3O3S. The highest BCUT2D eigenvalue weighted by Gasteiger charge is 2.39. The molecule has 0 radical (unpaired) electrons. The van der Waals surface area contributed by atoms with Crippen molar-refractivity contribution in [1.82, 2.24) is 14.6 Å². The normalized spacial score (nSPS) is 16.4. The van der Waals surface area contributed by atoms with Crippen LogP contribution < -0.4 is 5.32 Å². The molecule has 2 heterocycles. The minimum Gasteiger partial charge on any atom is -0.351 e. The van der Waals surface area contributed by atoms with E-state index in [1.165, 1.54) is 16.4 Å². The Labute approximate surface area is 203 Å². The predicted octanol–water partition coefficient (Wildman–Crippen LogP) is 4.51. The van der Waals surface area contributed by atoms with Gasteiger partial charge in [0.25, 0.3) is 0 Å². The van der Waals surface area contributed by atoms with E-state index < -0.39 is 21.9 Å². The monoisotopic (exact) mass is 489 g/mol. The zero-order valence-electron chi connectivity index (χ0n) is 18.9. The van der Waals surface area contributed by atoms with Crippen LogP contribution in [0.4, 0.5) is 4.39 Å². The molecular weight excluding hydrogens is 465 g/mol. The lowest BCUT2D eigenvalue weighted by Gasteiger charge is -2.23. The summed E-state index contributed by atoms with van der Waals surface area (Å²) >= 11 is 0. The summed E-state index contributed by atoms with van der Waals surface area (Å²) < 4.78 is 40.6. The maximum absolute atomic E-state index is 13.2. The average Bonchev–Trinajstić information content (AvgIpc) is 3.39. The molecule has 4 aromatic rings. The van der Waals surface area contributed by atoms with Crippen molar-refractivity contribution >= 4 is 26.8 Å². The third-order valence-electron chi connectivity index (χ3n) is 6.21. The number of nitrogens with zero attached hydrogens (tertiary/aromatic N) is 2. The number of sulfonamides is 1. The van der Waals surface area contributed by atoms with Crippen molar-refractivity contribution in [2.24, 2.45) is 0 Å². The van der Waals surface area contributed by atoms with Crippen molar-refractivity contribution in [2.45, 2.75) is 30.3 Å². The smallest absolute Gasteiger partial charge is 0.243 e. The van der Waals surface area contributed by atoms with Crippen molar-refractivity contribution in [3.8, 4) is 11.3 Å². The number of benzene rings is 3. The number of nitrogens with one attached hydrogen (secondary N) is 1. The molecule has 35 heavy (non-hydrogen) atoms. The molecule has 1 fully saturated rings. The Morgan fingerprint density at radius 1 is 1.00 bits per heavy atom. The van der Waals surface area contributed by atoms with Crippen LogP contribution in [0.1, 0.15) is 18.4 Å². The van der Waals surface area contributed by atoms with Crippen LogP contribution >= 0.6 is 0 Å². The summed E-state index contributed by atoms with van der Waals surface area (Å²) in [5.41, 5.74) is 3.57. The molecule has 0 bridgehead atoms. The van der Waals surface area contributed by atoms with E-state index in [0.717, 1.165) is 39.9 Å². The summed E-state index contributed by atoms with van der Waals surface area (Å²) in [4.78, 5) is 17.7. The van der Waals surface area contributed by atoms with Gasteiger partial charge in [-0.05, 0) is 60.9 Å². The largest absolute Gasteiger partial charge is 0.351 e. The third kappa shape index (κ3) is 4.80. The predicted molar refractivity (Wildman–Crippen MR) is 132 cm³/mol. The lowest BCUT2D eigenvalue weighted by Crippen LogP contribution is -2.45. The molecule has 6 nitrogen and oxygen atoms in total. The number of carbonyl (C=O) groups excluding carboxylic acids is 1. The molecule has 0 saturated carbocycles. The lowest BCUT2D eigenvalue weighted by atomic mass is 10.1. The molecule has 1 atom stereocenters. The second-order valence-corrected chi connectivity index (χ2v) is 10.4. The number of fused-ring (bicyclic) bond motifs is 1. The van der Waals surface area contributed by atoms with Gasteiger partial charge < -0.3 is 5.32 Å². The summed E-state index contributed by atoms with van der Waals surface area (Å²) in [5.74, 6) is -0.858. The maximum Gasteiger partial charge on any atom is 0.243 e. The Hall–Kier alpha value is -3.62. The molecule has 3 aromatic carbocycles. The first-order valence-corrected chi connectivity index (χ1v) is 12.9. The molecule has 1 aromatic heterocycles. The van der Waals surface area contributed by atoms with Crippen LogP contribution in [-0.2, 0) is 21.4 Å². The quantitative estimate of drug-likeness (QED) is 0.432. The van der Waals surface area contributed by atoms with Crippen LogP contribution in [0, 0.1) is 5.82 Å². The number of pyridine rings is 1. The van der Waals surface area contributed by atoms with Gasteiger partial charge >= 0.3 is 0 Å². The summed E-state index contributed by atoms with van der Waals surface area (Å²) in [6, 6.07) is 23.5. The van der Waals surface area contributed by atoms with Crippen LogP contribution in [0.3, 0.4) is 0 Å². The van der Waals surface area contributed by atoms with Gasteiger partial charge in [0.2, 0.25) is 15.9 Å². The molecule has 178 valence electrons. The van der Waals surface area contributed by atoms with Crippen molar-refractivity contribution in [3.05, 3.63) is 96.3 Å². The molecule has 5 rings (SSSR count). The first kappa shape index (κ1) is 23.1. The summed E-state index contributed by atoms with van der Waals surface area (Å²) in [6.45, 7) is 0.516. The van der Waals surface area contributed by atoms with Gasteiger partial charge in [0, 0.05) is 24.0 Å². The van der Waals surface area contributed by atoms with Crippen LogP contribution in [-0.4, -0.2) is 36.2 Å². The van der Waals surface area contributed by atoms with Crippen LogP contribution in [0.2, 0.25) is 0 Å². The summed E-state index contributed by atoms with van der Waals surface area (Å²) in [6.07, 6.45) is 1.02. The van der Waals surface area contributed by atoms with E-state index in [1.54, 1.807) is 0 Å². The van der Waals surface area contributed by atoms with Crippen molar-refractivity contribution in [2.75, 3.05) is 6.54 Å². The van der Waals surface area contributed by atoms with Gasteiger partial charge in [0.1, 0.15) is 11.9 Å². The number of amides is 1. The maximum atomic E-state index is 13.2. The second-order valence-electron chi connectivity index (χ2n) is 8.54. The van der Waals surface area contributed by atoms with Gasteiger partial charge in [0.15, 0.2) is 0 Å². The highest BCUT2D eigenvalue weighted by Crippen LogP contribution is 2.27. The molecule has 1 unspecified atom stereocenters. The van der Waals surface area contributed by atoms with Gasteiger partial charge in [-0.3, -0.25) is 4.79 Å². The Morgan fingerprint density at radius 3 is 2.63 bits per heavy atom. The Bertz CT molecular complexity index is 1490. The van der Waals surface area contributed by atoms with Gasteiger partial charge in [-0.1, -0.05) is 42.5 Å². The van der Waals surface area contributed by atoms with Crippen molar-refractivity contribution < 1.29 is 17.6 Å². The Morgan fingerprint density at radius 2 is 1.80 bits per heavy atom. The molecule has 1 saturated heterocycles. The zero-order valence-corrected chi connectivity index (χ0v) is 19.7. The fraction of sp³-hybridized carbons (Fsp3) is 0.185. The highest BCUT2D eigenvalue weighted by atomic mass is 32.2. The molecule has 0 spiro atoms. The Balaban J connectivity index is 1.29. The van der Waals surface area contributed by atoms with Crippen LogP contribution in [0.5, 0.6) is 0 Å². The number of rotatable bonds is 6. The second kappa shape index (κ2) is 9.56. The molecule has 1 N–H and O–H groups in total. The molecule has 1 amide bonds. The Kier molecular flexibility index (Phi) is 6.32. The van der Waals surface area contributed by atoms with E-state index in [4.69, 9.17) is 4.98 Å². The van der Waals surface area contributed by atoms with Crippen LogP contribution in [0.15, 0.2) is 89.8 Å². The number of para-hydroxylation sites is 1. The number of carbonyl (C=O) groups is 1. The third-order valence-corrected chi connectivity index (χ3v) is 8.14. The first-order chi connectivity index (χ1) is 16.9. The van der Waals surface area contributed by atoms with E-state index in [9.17, 15) is 17.6 Å². The zero-order chi connectivity index (χ0) is 24.4. The molecule has 1 aliphatic heterocycles. The number of halogens is 1. The first-order valence-electron chi connectivity index (χ1n) is 11.4. The van der Waals surface area contributed by atoms with E-state index in [0.29, 0.717) is 12.8 Å². The van der Waals surface area contributed by atoms with E-state index in [2.05, 4.69) is 5.32 Å². The van der Waals surface area contributed by atoms with Gasteiger partial charge in [-0.2, -0.15) is 4.31 Å². The highest BCUT2D eigenvalue weighted by molar-refractivity contribution is 7.89. The van der Waals surface area contributed by atoms with Crippen molar-refractivity contribution in [1.29, 1.82) is 0 Å². The molecule has 8 heteroatoms. The number of hydrogen-bond acceptors (Lipinski definition) is 4. The van der Waals surface area contributed by atoms with Gasteiger partial charge in [0.05, 0.1) is 16.1 Å². The van der Waals surface area contributed by atoms with Gasteiger partial charge in [-0.25, -0.2) is 17.8 Å². The number of aromatic nitrogens is 1. The lowest BCUT2D eigenvalue weighted by molar-refractivity contribution is -0.124. The molecule has 0 aliphatic carbocycles.